The van der Waals surface area contributed by atoms with E-state index in [1.807, 2.05) is 6.92 Å². The molecule has 4 atom stereocenters. The van der Waals surface area contributed by atoms with Crippen molar-refractivity contribution in [1.29, 1.82) is 0 Å². The lowest BCUT2D eigenvalue weighted by atomic mass is 9.94. The molecule has 11 heteroatoms. The lowest BCUT2D eigenvalue weighted by molar-refractivity contribution is -0.321. The summed E-state index contributed by atoms with van der Waals surface area (Å²) in [6.07, 6.45) is -0.419. The van der Waals surface area contributed by atoms with E-state index in [0.29, 0.717) is 11.0 Å². The number of rotatable bonds is 7. The van der Waals surface area contributed by atoms with E-state index in [9.17, 15) is 24.9 Å². The van der Waals surface area contributed by atoms with E-state index in [2.05, 4.69) is 4.98 Å². The third kappa shape index (κ3) is 4.05. The molecule has 0 aromatic carbocycles. The van der Waals surface area contributed by atoms with Crippen molar-refractivity contribution < 1.29 is 34.3 Å². The average Bonchev–Trinajstić information content (AvgIpc) is 2.79. The van der Waals surface area contributed by atoms with Gasteiger partial charge in [-0.15, -0.1) is 0 Å². The molecule has 0 aliphatic carbocycles. The molecule has 1 aromatic heterocycles. The molecule has 11 nitrogen and oxygen atoms in total. The molecule has 27 heavy (non-hydrogen) atoms. The van der Waals surface area contributed by atoms with Crippen molar-refractivity contribution in [2.45, 2.75) is 56.8 Å². The van der Waals surface area contributed by atoms with Crippen molar-refractivity contribution >= 4 is 12.0 Å². The van der Waals surface area contributed by atoms with Crippen LogP contribution in [0.25, 0.3) is 0 Å². The minimum Gasteiger partial charge on any atom is -0.434 e. The molecule has 1 fully saturated rings. The van der Waals surface area contributed by atoms with E-state index in [0.717, 1.165) is 26.0 Å². The Morgan fingerprint density at radius 2 is 2.15 bits per heavy atom. The number of aliphatic hydroxyl groups is 3. The van der Waals surface area contributed by atoms with E-state index in [-0.39, 0.29) is 12.4 Å². The lowest BCUT2D eigenvalue weighted by Crippen LogP contribution is -2.59. The van der Waals surface area contributed by atoms with Gasteiger partial charge in [-0.05, 0) is 19.4 Å². The molecule has 5 N–H and O–H groups in total. The van der Waals surface area contributed by atoms with Crippen LogP contribution in [0.4, 0.5) is 10.6 Å². The molecule has 1 aliphatic rings. The van der Waals surface area contributed by atoms with Gasteiger partial charge in [0.2, 0.25) is 0 Å². The molecule has 0 saturated carbocycles. The molecule has 1 saturated heterocycles. The Kier molecular flexibility index (Phi) is 6.42. The Hall–Kier alpha value is -2.21. The molecule has 0 amide bonds. The van der Waals surface area contributed by atoms with Gasteiger partial charge in [-0.2, -0.15) is 4.98 Å². The van der Waals surface area contributed by atoms with Crippen LogP contribution in [0.2, 0.25) is 0 Å². The maximum atomic E-state index is 12.1. The molecule has 1 aliphatic heterocycles. The number of nitrogens with zero attached hydrogens (tertiary/aromatic N) is 2. The van der Waals surface area contributed by atoms with Crippen molar-refractivity contribution in [2.75, 3.05) is 18.9 Å². The molecular weight excluding hydrogens is 362 g/mol. The number of aromatic nitrogens is 2. The number of ether oxygens (including phenoxy) is 3. The smallest absolute Gasteiger partial charge is 0.434 e. The number of carbonyl (C=O) groups is 1. The number of unbranched alkanes of at least 4 members (excludes halogenated alkanes) is 2. The number of carbonyl (C=O) groups excluding carboxylic acids is 1. The first-order valence-electron chi connectivity index (χ1n) is 8.59. The van der Waals surface area contributed by atoms with Crippen LogP contribution in [0.15, 0.2) is 17.1 Å². The van der Waals surface area contributed by atoms with E-state index < -0.39 is 42.2 Å². The normalized spacial score (nSPS) is 30.3. The molecule has 2 rings (SSSR count). The quantitative estimate of drug-likeness (QED) is 0.346. The molecule has 0 bridgehead atoms. The summed E-state index contributed by atoms with van der Waals surface area (Å²) in [7, 11) is 0. The number of anilines is 1. The molecule has 1 aromatic rings. The first kappa shape index (κ1) is 21.1. The zero-order valence-electron chi connectivity index (χ0n) is 15.2. The van der Waals surface area contributed by atoms with Crippen molar-refractivity contribution in [2.24, 2.45) is 0 Å². The SMILES string of the molecule is CCCCCOC(=O)O[C@@H]1[C@@H](CO)O[C@@](O)(n2ccc(N)nc2=O)[C@]1(C)O. The topological polar surface area (TPSA) is 166 Å². The molecular formula is C16H25N3O8. The standard InChI is InChI=1S/C16H25N3O8/c1-3-4-5-8-25-14(22)26-12-10(9-20)27-16(24,15(12,2)23)19-7-6-11(17)18-13(19)21/h6-7,10,12,20,23-24H,3-5,8-9H2,1-2H3,(H2,17,18,21)/t10-,12-,15-,16-/m1/s1. The molecule has 0 spiro atoms. The number of hydrogen-bond donors (Lipinski definition) is 4. The van der Waals surface area contributed by atoms with E-state index in [4.69, 9.17) is 19.9 Å². The second-order valence-corrected chi connectivity index (χ2v) is 6.44. The summed E-state index contributed by atoms with van der Waals surface area (Å²) >= 11 is 0. The maximum Gasteiger partial charge on any atom is 0.508 e. The molecule has 0 unspecified atom stereocenters. The Labute approximate surface area is 155 Å². The van der Waals surface area contributed by atoms with Gasteiger partial charge >= 0.3 is 11.8 Å². The van der Waals surface area contributed by atoms with Gasteiger partial charge in [0, 0.05) is 6.20 Å². The summed E-state index contributed by atoms with van der Waals surface area (Å²) in [5.74, 6) is -2.76. The zero-order chi connectivity index (χ0) is 20.2. The molecule has 2 heterocycles. The van der Waals surface area contributed by atoms with Crippen LogP contribution in [0, 0.1) is 0 Å². The van der Waals surface area contributed by atoms with Crippen LogP contribution in [-0.4, -0.2) is 62.0 Å². The Morgan fingerprint density at radius 3 is 2.74 bits per heavy atom. The van der Waals surface area contributed by atoms with Crippen LogP contribution < -0.4 is 11.4 Å². The summed E-state index contributed by atoms with van der Waals surface area (Å²) in [5, 5.41) is 31.2. The first-order chi connectivity index (χ1) is 12.7. The summed E-state index contributed by atoms with van der Waals surface area (Å²) in [6.45, 7) is 2.51. The second-order valence-electron chi connectivity index (χ2n) is 6.44. The van der Waals surface area contributed by atoms with Crippen LogP contribution in [0.3, 0.4) is 0 Å². The van der Waals surface area contributed by atoms with Gasteiger partial charge in [0.25, 0.3) is 5.91 Å². The van der Waals surface area contributed by atoms with Gasteiger partial charge in [-0.1, -0.05) is 19.8 Å². The van der Waals surface area contributed by atoms with Gasteiger partial charge in [0.15, 0.2) is 11.7 Å². The van der Waals surface area contributed by atoms with Gasteiger partial charge in [0.05, 0.1) is 13.2 Å². The number of nitrogen functional groups attached to an aromatic ring is 1. The predicted molar refractivity (Wildman–Crippen MR) is 91.4 cm³/mol. The van der Waals surface area contributed by atoms with Crippen LogP contribution in [0.5, 0.6) is 0 Å². The largest absolute Gasteiger partial charge is 0.508 e. The van der Waals surface area contributed by atoms with Gasteiger partial charge in [-0.25, -0.2) is 14.2 Å². The fourth-order valence-electron chi connectivity index (χ4n) is 2.86. The average molecular weight is 387 g/mol. The van der Waals surface area contributed by atoms with Crippen LogP contribution >= 0.6 is 0 Å². The highest BCUT2D eigenvalue weighted by molar-refractivity contribution is 5.60. The van der Waals surface area contributed by atoms with E-state index in [1.165, 1.54) is 6.07 Å². The van der Waals surface area contributed by atoms with Crippen LogP contribution in [-0.2, 0) is 20.1 Å². The monoisotopic (exact) mass is 387 g/mol. The van der Waals surface area contributed by atoms with Gasteiger partial charge < -0.3 is 35.3 Å². The molecule has 0 radical (unpaired) electrons. The Balaban J connectivity index is 2.24. The summed E-state index contributed by atoms with van der Waals surface area (Å²) in [6, 6.07) is 1.21. The van der Waals surface area contributed by atoms with Crippen LogP contribution in [0.1, 0.15) is 33.1 Å². The minimum absolute atomic E-state index is 0.0975. The Bertz CT molecular complexity index is 722. The highest BCUT2D eigenvalue weighted by Crippen LogP contribution is 2.42. The highest BCUT2D eigenvalue weighted by atomic mass is 16.8. The lowest BCUT2D eigenvalue weighted by Gasteiger charge is -2.35. The van der Waals surface area contributed by atoms with E-state index >= 15 is 0 Å². The van der Waals surface area contributed by atoms with Gasteiger partial charge in [0.1, 0.15) is 11.9 Å². The van der Waals surface area contributed by atoms with Crippen molar-refractivity contribution in [3.8, 4) is 0 Å². The second kappa shape index (κ2) is 8.21. The van der Waals surface area contributed by atoms with Crippen molar-refractivity contribution in [3.63, 3.8) is 0 Å². The number of aliphatic hydroxyl groups excluding tert-OH is 1. The number of nitrogens with two attached hydrogens (primary N) is 1. The van der Waals surface area contributed by atoms with Crippen molar-refractivity contribution in [1.82, 2.24) is 9.55 Å². The zero-order valence-corrected chi connectivity index (χ0v) is 15.2. The number of hydrogen-bond acceptors (Lipinski definition) is 10. The fourth-order valence-corrected chi connectivity index (χ4v) is 2.86. The first-order valence-corrected chi connectivity index (χ1v) is 8.59. The fraction of sp³-hybridized carbons (Fsp3) is 0.688. The summed E-state index contributed by atoms with van der Waals surface area (Å²) in [4.78, 5) is 27.4. The third-order valence-electron chi connectivity index (χ3n) is 4.39. The maximum absolute atomic E-state index is 12.1. The highest BCUT2D eigenvalue weighted by Gasteiger charge is 2.66. The van der Waals surface area contributed by atoms with Gasteiger partial charge in [-0.3, -0.25) is 0 Å². The third-order valence-corrected chi connectivity index (χ3v) is 4.39. The van der Waals surface area contributed by atoms with Crippen molar-refractivity contribution in [3.05, 3.63) is 22.7 Å². The summed E-state index contributed by atoms with van der Waals surface area (Å²) < 4.78 is 15.9. The minimum atomic E-state index is -2.66. The Morgan fingerprint density at radius 1 is 1.44 bits per heavy atom. The summed E-state index contributed by atoms with van der Waals surface area (Å²) in [5.41, 5.74) is 2.10. The van der Waals surface area contributed by atoms with E-state index in [1.54, 1.807) is 0 Å². The molecule has 152 valence electrons. The predicted octanol–water partition coefficient (Wildman–Crippen LogP) is -0.718.